The average molecular weight is 278 g/mol. The standard InChI is InChI=1S/C15H22N2O3/c1-15(5-4-6-17-15)10-16-14(18)11-7-12(19-2)9-13(8-11)20-3/h7-9,17H,4-6,10H2,1-3H3,(H,16,18). The van der Waals surface area contributed by atoms with Crippen molar-refractivity contribution in [1.29, 1.82) is 0 Å². The Bertz CT molecular complexity index is 460. The maximum atomic E-state index is 12.2. The summed E-state index contributed by atoms with van der Waals surface area (Å²) < 4.78 is 10.3. The molecule has 1 aliphatic heterocycles. The van der Waals surface area contributed by atoms with E-state index in [9.17, 15) is 4.79 Å². The lowest BCUT2D eigenvalue weighted by Crippen LogP contribution is -2.47. The summed E-state index contributed by atoms with van der Waals surface area (Å²) in [6.07, 6.45) is 2.23. The van der Waals surface area contributed by atoms with E-state index in [0.717, 1.165) is 19.4 Å². The summed E-state index contributed by atoms with van der Waals surface area (Å²) in [6.45, 7) is 3.76. The van der Waals surface area contributed by atoms with Crippen molar-refractivity contribution in [2.24, 2.45) is 0 Å². The van der Waals surface area contributed by atoms with Crippen LogP contribution in [-0.2, 0) is 0 Å². The van der Waals surface area contributed by atoms with Gasteiger partial charge in [-0.25, -0.2) is 0 Å². The molecule has 0 saturated carbocycles. The Labute approximate surface area is 119 Å². The van der Waals surface area contributed by atoms with Crippen LogP contribution in [0.4, 0.5) is 0 Å². The van der Waals surface area contributed by atoms with Gasteiger partial charge in [-0.3, -0.25) is 4.79 Å². The lowest BCUT2D eigenvalue weighted by molar-refractivity contribution is 0.0942. The van der Waals surface area contributed by atoms with E-state index in [0.29, 0.717) is 23.6 Å². The number of hydrogen-bond acceptors (Lipinski definition) is 4. The van der Waals surface area contributed by atoms with E-state index in [1.165, 1.54) is 0 Å². The zero-order valence-electron chi connectivity index (χ0n) is 12.3. The van der Waals surface area contributed by atoms with Crippen LogP contribution in [0.5, 0.6) is 11.5 Å². The topological polar surface area (TPSA) is 59.6 Å². The van der Waals surface area contributed by atoms with Crippen molar-refractivity contribution < 1.29 is 14.3 Å². The fraction of sp³-hybridized carbons (Fsp3) is 0.533. The number of ether oxygens (including phenoxy) is 2. The molecule has 2 rings (SSSR count). The molecule has 0 aliphatic carbocycles. The fourth-order valence-electron chi connectivity index (χ4n) is 2.42. The Morgan fingerprint density at radius 2 is 1.95 bits per heavy atom. The van der Waals surface area contributed by atoms with Crippen LogP contribution in [0, 0.1) is 0 Å². The minimum atomic E-state index is -0.114. The van der Waals surface area contributed by atoms with Gasteiger partial charge in [-0.05, 0) is 38.4 Å². The Hall–Kier alpha value is -1.75. The Morgan fingerprint density at radius 3 is 2.45 bits per heavy atom. The van der Waals surface area contributed by atoms with Crippen molar-refractivity contribution in [2.45, 2.75) is 25.3 Å². The highest BCUT2D eigenvalue weighted by Crippen LogP contribution is 2.23. The molecule has 0 radical (unpaired) electrons. The van der Waals surface area contributed by atoms with Crippen LogP contribution in [0.2, 0.25) is 0 Å². The molecule has 0 spiro atoms. The van der Waals surface area contributed by atoms with E-state index in [1.807, 2.05) is 0 Å². The van der Waals surface area contributed by atoms with Gasteiger partial charge < -0.3 is 20.1 Å². The zero-order chi connectivity index (χ0) is 14.6. The maximum Gasteiger partial charge on any atom is 0.251 e. The minimum absolute atomic E-state index is 0.00138. The van der Waals surface area contributed by atoms with Gasteiger partial charge in [-0.2, -0.15) is 0 Å². The Balaban J connectivity index is 2.04. The summed E-state index contributed by atoms with van der Waals surface area (Å²) in [5, 5.41) is 6.39. The number of carbonyl (C=O) groups excluding carboxylic acids is 1. The van der Waals surface area contributed by atoms with Crippen molar-refractivity contribution in [1.82, 2.24) is 10.6 Å². The second-order valence-corrected chi connectivity index (χ2v) is 5.38. The normalized spacial score (nSPS) is 21.6. The van der Waals surface area contributed by atoms with Crippen molar-refractivity contribution in [3.63, 3.8) is 0 Å². The van der Waals surface area contributed by atoms with E-state index in [4.69, 9.17) is 9.47 Å². The number of carbonyl (C=O) groups is 1. The lowest BCUT2D eigenvalue weighted by atomic mass is 10.0. The van der Waals surface area contributed by atoms with Gasteiger partial charge >= 0.3 is 0 Å². The highest BCUT2D eigenvalue weighted by atomic mass is 16.5. The summed E-state index contributed by atoms with van der Waals surface area (Å²) in [6, 6.07) is 5.17. The van der Waals surface area contributed by atoms with Gasteiger partial charge in [0.25, 0.3) is 5.91 Å². The molecule has 1 saturated heterocycles. The molecular weight excluding hydrogens is 256 g/mol. The number of nitrogens with one attached hydrogen (secondary N) is 2. The summed E-state index contributed by atoms with van der Waals surface area (Å²) in [7, 11) is 3.14. The summed E-state index contributed by atoms with van der Waals surface area (Å²) in [4.78, 5) is 12.2. The van der Waals surface area contributed by atoms with Crippen LogP contribution in [-0.4, -0.2) is 38.8 Å². The quantitative estimate of drug-likeness (QED) is 0.858. The highest BCUT2D eigenvalue weighted by Gasteiger charge is 2.28. The van der Waals surface area contributed by atoms with Crippen molar-refractivity contribution in [2.75, 3.05) is 27.3 Å². The van der Waals surface area contributed by atoms with E-state index in [1.54, 1.807) is 32.4 Å². The molecule has 5 nitrogen and oxygen atoms in total. The van der Waals surface area contributed by atoms with Gasteiger partial charge in [0.1, 0.15) is 11.5 Å². The predicted octanol–water partition coefficient (Wildman–Crippen LogP) is 1.58. The van der Waals surface area contributed by atoms with Crippen LogP contribution in [0.15, 0.2) is 18.2 Å². The summed E-state index contributed by atoms with van der Waals surface area (Å²) in [5.74, 6) is 1.11. The number of benzene rings is 1. The first-order valence-corrected chi connectivity index (χ1v) is 6.83. The molecule has 0 bridgehead atoms. The molecule has 1 amide bonds. The fourth-order valence-corrected chi connectivity index (χ4v) is 2.42. The molecule has 1 atom stereocenters. The van der Waals surface area contributed by atoms with Gasteiger partial charge in [-0.1, -0.05) is 0 Å². The highest BCUT2D eigenvalue weighted by molar-refractivity contribution is 5.95. The summed E-state index contributed by atoms with van der Waals surface area (Å²) in [5.41, 5.74) is 0.543. The van der Waals surface area contributed by atoms with Crippen molar-refractivity contribution in [3.05, 3.63) is 23.8 Å². The number of amides is 1. The zero-order valence-corrected chi connectivity index (χ0v) is 12.3. The predicted molar refractivity (Wildman–Crippen MR) is 77.5 cm³/mol. The first-order valence-electron chi connectivity index (χ1n) is 6.83. The monoisotopic (exact) mass is 278 g/mol. The molecule has 1 fully saturated rings. The van der Waals surface area contributed by atoms with Crippen LogP contribution in [0.3, 0.4) is 0 Å². The van der Waals surface area contributed by atoms with E-state index < -0.39 is 0 Å². The number of methoxy groups -OCH3 is 2. The molecular formula is C15H22N2O3. The van der Waals surface area contributed by atoms with Crippen LogP contribution < -0.4 is 20.1 Å². The third kappa shape index (κ3) is 3.42. The molecule has 0 aromatic heterocycles. The molecule has 20 heavy (non-hydrogen) atoms. The van der Waals surface area contributed by atoms with Gasteiger partial charge in [0.2, 0.25) is 0 Å². The largest absolute Gasteiger partial charge is 0.497 e. The van der Waals surface area contributed by atoms with Crippen molar-refractivity contribution >= 4 is 5.91 Å². The first-order chi connectivity index (χ1) is 9.56. The van der Waals surface area contributed by atoms with Gasteiger partial charge in [0.05, 0.1) is 14.2 Å². The lowest BCUT2D eigenvalue weighted by Gasteiger charge is -2.24. The molecule has 1 unspecified atom stereocenters. The first kappa shape index (κ1) is 14.7. The van der Waals surface area contributed by atoms with E-state index >= 15 is 0 Å². The van der Waals surface area contributed by atoms with E-state index in [-0.39, 0.29) is 11.4 Å². The molecule has 1 aromatic carbocycles. The number of rotatable bonds is 5. The SMILES string of the molecule is COc1cc(OC)cc(C(=O)NCC2(C)CCCN2)c1. The summed E-state index contributed by atoms with van der Waals surface area (Å²) >= 11 is 0. The molecule has 2 N–H and O–H groups in total. The molecule has 1 heterocycles. The smallest absolute Gasteiger partial charge is 0.251 e. The Morgan fingerprint density at radius 1 is 1.30 bits per heavy atom. The van der Waals surface area contributed by atoms with Gasteiger partial charge in [0.15, 0.2) is 0 Å². The Kier molecular flexibility index (Phi) is 4.49. The minimum Gasteiger partial charge on any atom is -0.497 e. The van der Waals surface area contributed by atoms with Crippen LogP contribution in [0.25, 0.3) is 0 Å². The third-order valence-electron chi connectivity index (χ3n) is 3.71. The van der Waals surface area contributed by atoms with Crippen LogP contribution in [0.1, 0.15) is 30.1 Å². The second kappa shape index (κ2) is 6.13. The van der Waals surface area contributed by atoms with Gasteiger partial charge in [0, 0.05) is 23.7 Å². The van der Waals surface area contributed by atoms with Crippen LogP contribution >= 0.6 is 0 Å². The molecule has 110 valence electrons. The van der Waals surface area contributed by atoms with Crippen molar-refractivity contribution in [3.8, 4) is 11.5 Å². The molecule has 1 aliphatic rings. The number of hydrogen-bond donors (Lipinski definition) is 2. The molecule has 5 heteroatoms. The third-order valence-corrected chi connectivity index (χ3v) is 3.71. The molecule has 1 aromatic rings. The maximum absolute atomic E-state index is 12.2. The average Bonchev–Trinajstić information content (AvgIpc) is 2.91. The van der Waals surface area contributed by atoms with Gasteiger partial charge in [-0.15, -0.1) is 0 Å². The van der Waals surface area contributed by atoms with E-state index in [2.05, 4.69) is 17.6 Å². The second-order valence-electron chi connectivity index (χ2n) is 5.38.